The molecule has 0 aromatic heterocycles. The van der Waals surface area contributed by atoms with Gasteiger partial charge in [-0.15, -0.1) is 0 Å². The second kappa shape index (κ2) is 3.78. The Morgan fingerprint density at radius 3 is 3.14 bits per heavy atom. The third-order valence-electron chi connectivity index (χ3n) is 2.95. The van der Waals surface area contributed by atoms with E-state index in [9.17, 15) is 4.39 Å². The molecule has 0 radical (unpaired) electrons. The van der Waals surface area contributed by atoms with Gasteiger partial charge in [0.15, 0.2) is 4.58 Å². The lowest BCUT2D eigenvalue weighted by molar-refractivity contribution is 0.0975. The van der Waals surface area contributed by atoms with Gasteiger partial charge in [-0.2, -0.15) is 0 Å². The van der Waals surface area contributed by atoms with Gasteiger partial charge < -0.3 is 4.74 Å². The van der Waals surface area contributed by atoms with Crippen LogP contribution < -0.4 is 0 Å². The Morgan fingerprint density at radius 2 is 2.43 bits per heavy atom. The molecule has 78 valence electrons. The largest absolute Gasteiger partial charge is 0.377 e. The minimum absolute atomic E-state index is 0.0481. The summed E-state index contributed by atoms with van der Waals surface area (Å²) in [5.74, 6) is 0. The van der Waals surface area contributed by atoms with Crippen molar-refractivity contribution < 1.29 is 9.13 Å². The Morgan fingerprint density at radius 1 is 1.64 bits per heavy atom. The molecule has 2 aliphatic rings. The van der Waals surface area contributed by atoms with E-state index in [0.29, 0.717) is 6.42 Å². The second-order valence-electron chi connectivity index (χ2n) is 3.87. The number of ether oxygens (including phenoxy) is 1. The standard InChI is InChI=1S/C11H14BrFO/c1-14-9-6-2-4-8-5-3-7-11(12,13)10(8)9/h3,5,9H,2,4,6-7H2,1H3. The van der Waals surface area contributed by atoms with Gasteiger partial charge in [0, 0.05) is 19.1 Å². The highest BCUT2D eigenvalue weighted by Crippen LogP contribution is 2.45. The van der Waals surface area contributed by atoms with Gasteiger partial charge in [0.25, 0.3) is 0 Å². The van der Waals surface area contributed by atoms with Gasteiger partial charge >= 0.3 is 0 Å². The molecule has 2 atom stereocenters. The summed E-state index contributed by atoms with van der Waals surface area (Å²) in [4.78, 5) is 0. The molecular weight excluding hydrogens is 247 g/mol. The quantitative estimate of drug-likeness (QED) is 0.656. The van der Waals surface area contributed by atoms with Gasteiger partial charge in [-0.05, 0) is 40.8 Å². The van der Waals surface area contributed by atoms with E-state index in [1.54, 1.807) is 7.11 Å². The first-order valence-corrected chi connectivity index (χ1v) is 5.75. The zero-order chi connectivity index (χ0) is 10.2. The number of halogens is 2. The molecule has 1 nitrogen and oxygen atoms in total. The monoisotopic (exact) mass is 260 g/mol. The van der Waals surface area contributed by atoms with Gasteiger partial charge in [-0.3, -0.25) is 0 Å². The lowest BCUT2D eigenvalue weighted by atomic mass is 9.83. The highest BCUT2D eigenvalue weighted by molar-refractivity contribution is 9.10. The number of methoxy groups -OCH3 is 1. The Labute approximate surface area is 92.1 Å². The molecule has 0 fully saturated rings. The van der Waals surface area contributed by atoms with E-state index in [0.717, 1.165) is 30.4 Å². The van der Waals surface area contributed by atoms with Crippen molar-refractivity contribution >= 4 is 15.9 Å². The molecule has 0 spiro atoms. The zero-order valence-electron chi connectivity index (χ0n) is 8.22. The second-order valence-corrected chi connectivity index (χ2v) is 5.12. The Balaban J connectivity index is 2.40. The molecule has 3 heteroatoms. The van der Waals surface area contributed by atoms with Crippen LogP contribution in [0.3, 0.4) is 0 Å². The molecule has 0 amide bonds. The third kappa shape index (κ3) is 1.68. The van der Waals surface area contributed by atoms with Crippen molar-refractivity contribution in [2.75, 3.05) is 7.11 Å². The van der Waals surface area contributed by atoms with Crippen molar-refractivity contribution in [1.29, 1.82) is 0 Å². The normalized spacial score (nSPS) is 37.2. The summed E-state index contributed by atoms with van der Waals surface area (Å²) in [6.07, 6.45) is 7.29. The van der Waals surface area contributed by atoms with Gasteiger partial charge in [0.1, 0.15) is 0 Å². The van der Waals surface area contributed by atoms with E-state index in [4.69, 9.17) is 4.74 Å². The molecule has 0 N–H and O–H groups in total. The van der Waals surface area contributed by atoms with Crippen LogP contribution in [0.4, 0.5) is 4.39 Å². The van der Waals surface area contributed by atoms with Crippen molar-refractivity contribution in [2.24, 2.45) is 0 Å². The number of rotatable bonds is 1. The van der Waals surface area contributed by atoms with Crippen molar-refractivity contribution in [2.45, 2.75) is 36.4 Å². The van der Waals surface area contributed by atoms with Crippen LogP contribution in [-0.2, 0) is 4.74 Å². The summed E-state index contributed by atoms with van der Waals surface area (Å²) >= 11 is 3.16. The van der Waals surface area contributed by atoms with E-state index in [1.165, 1.54) is 0 Å². The first kappa shape index (κ1) is 10.4. The summed E-state index contributed by atoms with van der Waals surface area (Å²) in [7, 11) is 1.65. The average Bonchev–Trinajstić information content (AvgIpc) is 2.16. The molecule has 0 heterocycles. The Hall–Kier alpha value is -0.150. The van der Waals surface area contributed by atoms with Crippen molar-refractivity contribution in [3.8, 4) is 0 Å². The lowest BCUT2D eigenvalue weighted by Crippen LogP contribution is -2.33. The SMILES string of the molecule is COC1CCCC2=C1C(F)(Br)CC=C2. The molecule has 2 rings (SSSR count). The van der Waals surface area contributed by atoms with E-state index >= 15 is 0 Å². The lowest BCUT2D eigenvalue weighted by Gasteiger charge is -2.35. The molecule has 0 aromatic rings. The van der Waals surface area contributed by atoms with Crippen LogP contribution in [0.2, 0.25) is 0 Å². The van der Waals surface area contributed by atoms with E-state index < -0.39 is 4.58 Å². The fourth-order valence-electron chi connectivity index (χ4n) is 2.30. The molecule has 2 unspecified atom stereocenters. The van der Waals surface area contributed by atoms with Crippen molar-refractivity contribution in [3.05, 3.63) is 23.3 Å². The van der Waals surface area contributed by atoms with Gasteiger partial charge in [-0.1, -0.05) is 12.2 Å². The summed E-state index contributed by atoms with van der Waals surface area (Å²) in [5.41, 5.74) is 1.93. The van der Waals surface area contributed by atoms with Crippen LogP contribution in [0.15, 0.2) is 23.3 Å². The predicted molar refractivity (Wildman–Crippen MR) is 58.2 cm³/mol. The third-order valence-corrected chi connectivity index (χ3v) is 3.70. The van der Waals surface area contributed by atoms with Crippen LogP contribution in [-0.4, -0.2) is 17.8 Å². The number of allylic oxidation sites excluding steroid dienone is 3. The number of hydrogen-bond acceptors (Lipinski definition) is 1. The number of hydrogen-bond donors (Lipinski definition) is 0. The fourth-order valence-corrected chi connectivity index (χ4v) is 3.00. The predicted octanol–water partition coefficient (Wildman–Crippen LogP) is 3.50. The Kier molecular flexibility index (Phi) is 2.80. The number of alkyl halides is 2. The van der Waals surface area contributed by atoms with Crippen LogP contribution in [0, 0.1) is 0 Å². The first-order chi connectivity index (χ1) is 6.65. The summed E-state index contributed by atoms with van der Waals surface area (Å²) in [6, 6.07) is 0. The maximum Gasteiger partial charge on any atom is 0.192 e. The molecule has 0 saturated carbocycles. The highest BCUT2D eigenvalue weighted by atomic mass is 79.9. The molecule has 0 aromatic carbocycles. The van der Waals surface area contributed by atoms with Gasteiger partial charge in [0.2, 0.25) is 0 Å². The molecule has 2 aliphatic carbocycles. The van der Waals surface area contributed by atoms with Crippen molar-refractivity contribution in [3.63, 3.8) is 0 Å². The molecule has 0 aliphatic heterocycles. The van der Waals surface area contributed by atoms with Crippen LogP contribution in [0.1, 0.15) is 25.7 Å². The Bertz CT molecular complexity index is 294. The topological polar surface area (TPSA) is 9.23 Å². The smallest absolute Gasteiger partial charge is 0.192 e. The van der Waals surface area contributed by atoms with E-state index in [-0.39, 0.29) is 6.10 Å². The van der Waals surface area contributed by atoms with E-state index in [1.807, 2.05) is 12.2 Å². The molecule has 14 heavy (non-hydrogen) atoms. The maximum atomic E-state index is 14.2. The zero-order valence-corrected chi connectivity index (χ0v) is 9.81. The first-order valence-electron chi connectivity index (χ1n) is 4.96. The van der Waals surface area contributed by atoms with E-state index in [2.05, 4.69) is 15.9 Å². The molecule has 0 bridgehead atoms. The highest BCUT2D eigenvalue weighted by Gasteiger charge is 2.40. The maximum absolute atomic E-state index is 14.2. The minimum atomic E-state index is -1.38. The van der Waals surface area contributed by atoms with Crippen molar-refractivity contribution in [1.82, 2.24) is 0 Å². The molecule has 0 saturated heterocycles. The van der Waals surface area contributed by atoms with Gasteiger partial charge in [-0.25, -0.2) is 4.39 Å². The summed E-state index contributed by atoms with van der Waals surface area (Å²) < 4.78 is 18.1. The average molecular weight is 261 g/mol. The summed E-state index contributed by atoms with van der Waals surface area (Å²) in [6.45, 7) is 0. The van der Waals surface area contributed by atoms with Crippen LogP contribution in [0.5, 0.6) is 0 Å². The van der Waals surface area contributed by atoms with Gasteiger partial charge in [0.05, 0.1) is 6.10 Å². The summed E-state index contributed by atoms with van der Waals surface area (Å²) in [5, 5.41) is 0. The fraction of sp³-hybridized carbons (Fsp3) is 0.636. The molecular formula is C11H14BrFO. The van der Waals surface area contributed by atoms with Crippen LogP contribution in [0.25, 0.3) is 0 Å². The van der Waals surface area contributed by atoms with Crippen LogP contribution >= 0.6 is 15.9 Å². The minimum Gasteiger partial charge on any atom is -0.377 e.